The van der Waals surface area contributed by atoms with Gasteiger partial charge in [0, 0.05) is 21.1 Å². The lowest BCUT2D eigenvalue weighted by atomic mass is 9.88. The zero-order valence-electron chi connectivity index (χ0n) is 18.2. The van der Waals surface area contributed by atoms with E-state index in [4.69, 9.17) is 4.74 Å². The highest BCUT2D eigenvalue weighted by Crippen LogP contribution is 2.38. The first-order valence-corrected chi connectivity index (χ1v) is 11.1. The molecule has 2 aromatic rings. The lowest BCUT2D eigenvalue weighted by Crippen LogP contribution is -2.32. The first kappa shape index (κ1) is 22.9. The van der Waals surface area contributed by atoms with Crippen LogP contribution in [0.1, 0.15) is 79.3 Å². The Bertz CT molecular complexity index is 761. The van der Waals surface area contributed by atoms with E-state index in [9.17, 15) is 10.2 Å². The smallest absolute Gasteiger partial charge is 0.122 e. The second kappa shape index (κ2) is 9.91. The molecular weight excluding hydrogens is 368 g/mol. The van der Waals surface area contributed by atoms with Crippen LogP contribution in [0, 0.1) is 19.3 Å². The van der Waals surface area contributed by atoms with Gasteiger partial charge in [-0.25, -0.2) is 0 Å². The largest absolute Gasteiger partial charge is 0.493 e. The topological polar surface area (TPSA) is 49.7 Å². The summed E-state index contributed by atoms with van der Waals surface area (Å²) in [5.74, 6) is 1.23. The van der Waals surface area contributed by atoms with Crippen molar-refractivity contribution >= 4 is 11.3 Å². The van der Waals surface area contributed by atoms with Crippen LogP contribution in [0.5, 0.6) is 5.75 Å². The minimum absolute atomic E-state index is 0.113. The van der Waals surface area contributed by atoms with Crippen molar-refractivity contribution in [1.29, 1.82) is 0 Å². The van der Waals surface area contributed by atoms with Gasteiger partial charge < -0.3 is 14.9 Å². The fourth-order valence-electron chi connectivity index (χ4n) is 3.19. The zero-order chi connectivity index (χ0) is 20.9. The molecule has 0 aliphatic heterocycles. The van der Waals surface area contributed by atoms with Crippen LogP contribution in [-0.2, 0) is 6.61 Å². The highest BCUT2D eigenvalue weighted by atomic mass is 32.1. The highest BCUT2D eigenvalue weighted by Gasteiger charge is 2.25. The molecule has 28 heavy (non-hydrogen) atoms. The number of aliphatic hydroxyl groups is 2. The minimum Gasteiger partial charge on any atom is -0.493 e. The Labute approximate surface area is 174 Å². The average Bonchev–Trinajstić information content (AvgIpc) is 3.01. The van der Waals surface area contributed by atoms with Gasteiger partial charge in [0.1, 0.15) is 5.75 Å². The molecule has 0 amide bonds. The molecule has 2 rings (SSSR count). The molecule has 0 spiro atoms. The Morgan fingerprint density at radius 1 is 1.14 bits per heavy atom. The summed E-state index contributed by atoms with van der Waals surface area (Å²) in [4.78, 5) is 2.40. The molecule has 0 saturated carbocycles. The quantitative estimate of drug-likeness (QED) is 0.513. The number of unbranched alkanes of at least 4 members (excludes halogenated alkanes) is 1. The van der Waals surface area contributed by atoms with Crippen LogP contribution in [0.3, 0.4) is 0 Å². The Morgan fingerprint density at radius 3 is 2.39 bits per heavy atom. The summed E-state index contributed by atoms with van der Waals surface area (Å²) in [5.41, 5.74) is 3.32. The molecule has 1 aromatic heterocycles. The lowest BCUT2D eigenvalue weighted by Gasteiger charge is -2.28. The first-order chi connectivity index (χ1) is 13.2. The third-order valence-electron chi connectivity index (χ3n) is 5.71. The maximum absolute atomic E-state index is 9.90. The van der Waals surface area contributed by atoms with E-state index in [0.29, 0.717) is 12.5 Å². The summed E-state index contributed by atoms with van der Waals surface area (Å²) in [6, 6.07) is 8.71. The number of aliphatic hydroxyl groups excluding tert-OH is 2. The third-order valence-corrected chi connectivity index (χ3v) is 7.04. The van der Waals surface area contributed by atoms with Crippen LogP contribution in [0.15, 0.2) is 24.3 Å². The minimum atomic E-state index is -0.423. The van der Waals surface area contributed by atoms with Crippen LogP contribution >= 0.6 is 11.3 Å². The molecule has 1 heterocycles. The normalized spacial score (nSPS) is 14.1. The molecule has 0 aliphatic rings. The van der Waals surface area contributed by atoms with Crippen molar-refractivity contribution in [3.63, 3.8) is 0 Å². The summed E-state index contributed by atoms with van der Waals surface area (Å²) in [6.45, 7) is 12.8. The molecule has 0 saturated heterocycles. The van der Waals surface area contributed by atoms with Gasteiger partial charge in [-0.2, -0.15) is 0 Å². The zero-order valence-corrected chi connectivity index (χ0v) is 19.0. The van der Waals surface area contributed by atoms with Crippen LogP contribution in [0.2, 0.25) is 0 Å². The number of aryl methyl sites for hydroxylation is 2. The van der Waals surface area contributed by atoms with Crippen molar-refractivity contribution in [2.24, 2.45) is 5.41 Å². The second-order valence-corrected chi connectivity index (χ2v) is 9.75. The molecule has 156 valence electrons. The summed E-state index contributed by atoms with van der Waals surface area (Å²) >= 11 is 1.73. The highest BCUT2D eigenvalue weighted by molar-refractivity contribution is 7.12. The van der Waals surface area contributed by atoms with E-state index in [1.54, 1.807) is 18.3 Å². The van der Waals surface area contributed by atoms with Crippen LogP contribution in [0.25, 0.3) is 0 Å². The summed E-state index contributed by atoms with van der Waals surface area (Å²) < 4.78 is 6.03. The molecule has 0 bridgehead atoms. The fourth-order valence-corrected chi connectivity index (χ4v) is 4.39. The van der Waals surface area contributed by atoms with Gasteiger partial charge in [-0.15, -0.1) is 11.3 Å². The molecular formula is C24H36O3S. The van der Waals surface area contributed by atoms with Gasteiger partial charge in [-0.1, -0.05) is 45.7 Å². The number of benzene rings is 1. The molecule has 4 heteroatoms. The first-order valence-electron chi connectivity index (χ1n) is 10.3. The molecule has 0 fully saturated rings. The van der Waals surface area contributed by atoms with Crippen molar-refractivity contribution in [2.75, 3.05) is 6.61 Å². The van der Waals surface area contributed by atoms with E-state index < -0.39 is 6.10 Å². The number of hydrogen-bond donors (Lipinski definition) is 2. The summed E-state index contributed by atoms with van der Waals surface area (Å²) in [5, 5.41) is 19.5. The van der Waals surface area contributed by atoms with Gasteiger partial charge in [0.2, 0.25) is 0 Å². The monoisotopic (exact) mass is 404 g/mol. The number of hydrogen-bond acceptors (Lipinski definition) is 4. The van der Waals surface area contributed by atoms with Gasteiger partial charge in [0.15, 0.2) is 0 Å². The van der Waals surface area contributed by atoms with Crippen molar-refractivity contribution < 1.29 is 14.9 Å². The molecule has 3 nitrogen and oxygen atoms in total. The summed E-state index contributed by atoms with van der Waals surface area (Å²) in [6.07, 6.45) is 3.03. The number of ether oxygens (including phenoxy) is 1. The Balaban J connectivity index is 2.25. The standard InChI is InChI=1S/C24H36O3S/c1-7-8-9-20(22-13-17(3)23(14-25)28-22)19-10-11-21(16(2)12-19)27-15-24(5,6)18(4)26/h10-13,18,20,25-26H,7-9,14-15H2,1-6H3. The SMILES string of the molecule is CCCCC(c1ccc(OCC(C)(C)C(C)O)c(C)c1)c1cc(C)c(CO)s1. The summed E-state index contributed by atoms with van der Waals surface area (Å²) in [7, 11) is 0. The molecule has 2 N–H and O–H groups in total. The molecule has 1 aromatic carbocycles. The lowest BCUT2D eigenvalue weighted by molar-refractivity contribution is 0.0282. The molecule has 0 radical (unpaired) electrons. The van der Waals surface area contributed by atoms with E-state index in [1.807, 2.05) is 13.8 Å². The average molecular weight is 405 g/mol. The van der Waals surface area contributed by atoms with Gasteiger partial charge in [0.25, 0.3) is 0 Å². The van der Waals surface area contributed by atoms with Gasteiger partial charge in [0.05, 0.1) is 19.3 Å². The van der Waals surface area contributed by atoms with Gasteiger partial charge >= 0.3 is 0 Å². The van der Waals surface area contributed by atoms with Gasteiger partial charge in [-0.05, 0) is 56.0 Å². The van der Waals surface area contributed by atoms with Crippen LogP contribution < -0.4 is 4.74 Å². The third kappa shape index (κ3) is 5.59. The van der Waals surface area contributed by atoms with Crippen molar-refractivity contribution in [2.45, 2.75) is 79.4 Å². The fraction of sp³-hybridized carbons (Fsp3) is 0.583. The van der Waals surface area contributed by atoms with E-state index in [-0.39, 0.29) is 12.0 Å². The maximum atomic E-state index is 9.90. The van der Waals surface area contributed by atoms with Crippen molar-refractivity contribution in [1.82, 2.24) is 0 Å². The molecule has 0 aliphatic carbocycles. The van der Waals surface area contributed by atoms with E-state index in [0.717, 1.165) is 22.6 Å². The maximum Gasteiger partial charge on any atom is 0.122 e. The predicted octanol–water partition coefficient (Wildman–Crippen LogP) is 5.97. The molecule has 2 unspecified atom stereocenters. The number of rotatable bonds is 10. The van der Waals surface area contributed by atoms with E-state index in [1.165, 1.54) is 28.8 Å². The van der Waals surface area contributed by atoms with Crippen LogP contribution in [0.4, 0.5) is 0 Å². The molecule has 2 atom stereocenters. The Kier molecular flexibility index (Phi) is 8.11. The number of thiophene rings is 1. The van der Waals surface area contributed by atoms with E-state index >= 15 is 0 Å². The van der Waals surface area contributed by atoms with Gasteiger partial charge in [-0.3, -0.25) is 0 Å². The Morgan fingerprint density at radius 2 is 1.86 bits per heavy atom. The van der Waals surface area contributed by atoms with Crippen molar-refractivity contribution in [3.05, 3.63) is 50.7 Å². The predicted molar refractivity (Wildman–Crippen MR) is 118 cm³/mol. The van der Waals surface area contributed by atoms with E-state index in [2.05, 4.69) is 45.0 Å². The van der Waals surface area contributed by atoms with Crippen LogP contribution in [-0.4, -0.2) is 22.9 Å². The Hall–Kier alpha value is -1.36. The second-order valence-electron chi connectivity index (χ2n) is 8.59. The van der Waals surface area contributed by atoms with Crippen molar-refractivity contribution in [3.8, 4) is 5.75 Å².